The maximum Gasteiger partial charge on any atom is -0.0533 e. The second-order valence-electron chi connectivity index (χ2n) is 2.12. The van der Waals surface area contributed by atoms with Gasteiger partial charge in [0.25, 0.3) is 0 Å². The third kappa shape index (κ3) is 29.9. The summed E-state index contributed by atoms with van der Waals surface area (Å²) >= 11 is 0. The van der Waals surface area contributed by atoms with E-state index in [0.29, 0.717) is 0 Å². The highest BCUT2D eigenvalue weighted by atomic mass is 32.1. The molecule has 52 valence electrons. The van der Waals surface area contributed by atoms with Crippen LogP contribution >= 0.6 is 27.0 Å². The second-order valence-corrected chi connectivity index (χ2v) is 2.12. The lowest BCUT2D eigenvalue weighted by atomic mass is 11.0. The summed E-state index contributed by atoms with van der Waals surface area (Å²) in [5, 5.41) is 0. The Hall–Kier alpha value is 0.700. The first-order valence-corrected chi connectivity index (χ1v) is 3.00. The summed E-state index contributed by atoms with van der Waals surface area (Å²) in [6.07, 6.45) is 9.00. The van der Waals surface area contributed by atoms with Crippen LogP contribution in [-0.2, 0) is 0 Å². The predicted octanol–water partition coefficient (Wildman–Crippen LogP) is 2.57. The highest BCUT2D eigenvalue weighted by Crippen LogP contribution is 2.15. The van der Waals surface area contributed by atoms with Crippen molar-refractivity contribution in [3.8, 4) is 0 Å². The molecular weight excluding hydrogens is 136 g/mol. The van der Waals surface area contributed by atoms with Crippen molar-refractivity contribution in [1.29, 1.82) is 0 Å². The van der Waals surface area contributed by atoms with E-state index < -0.39 is 0 Å². The molecule has 0 aliphatic heterocycles. The monoisotopic (exact) mass is 152 g/mol. The highest BCUT2D eigenvalue weighted by molar-refractivity contribution is 7.59. The van der Waals surface area contributed by atoms with E-state index in [-0.39, 0.29) is 27.0 Å². The number of hydrogen-bond donors (Lipinski definition) is 0. The molecule has 0 bridgehead atoms. The van der Waals surface area contributed by atoms with Crippen LogP contribution in [-0.4, -0.2) is 0 Å². The molecule has 8 heavy (non-hydrogen) atoms. The van der Waals surface area contributed by atoms with Crippen LogP contribution in [0, 0.1) is 0 Å². The standard InChI is InChI=1S/2C3H6.2H2S/c2*1-2-3-1;;/h2*1-3H2;2*1H2. The predicted molar refractivity (Wildman–Crippen MR) is 48.5 cm³/mol. The van der Waals surface area contributed by atoms with Gasteiger partial charge in [-0.05, 0) is 0 Å². The molecule has 0 radical (unpaired) electrons. The fourth-order valence-corrected chi connectivity index (χ4v) is 0. The van der Waals surface area contributed by atoms with E-state index in [2.05, 4.69) is 0 Å². The van der Waals surface area contributed by atoms with E-state index in [1.165, 1.54) is 38.5 Å². The Morgan fingerprint density at radius 1 is 0.375 bits per heavy atom. The molecule has 0 aromatic heterocycles. The van der Waals surface area contributed by atoms with Crippen LogP contribution in [0.15, 0.2) is 0 Å². The fourth-order valence-electron chi connectivity index (χ4n) is 0. The molecule has 0 saturated heterocycles. The fraction of sp³-hybridized carbons (Fsp3) is 1.00. The average molecular weight is 152 g/mol. The van der Waals surface area contributed by atoms with Crippen molar-refractivity contribution in [2.24, 2.45) is 0 Å². The topological polar surface area (TPSA) is 0 Å². The first-order chi connectivity index (χ1) is 3.00. The van der Waals surface area contributed by atoms with Gasteiger partial charge in [-0.15, -0.1) is 0 Å². The smallest absolute Gasteiger partial charge is 0.0533 e. The summed E-state index contributed by atoms with van der Waals surface area (Å²) in [4.78, 5) is 0. The Bertz CT molecular complexity index is 22.0. The SMILES string of the molecule is C1CC1.C1CC1.S.S. The quantitative estimate of drug-likeness (QED) is 0.500. The average Bonchev–Trinajstić information content (AvgIpc) is 2.31. The van der Waals surface area contributed by atoms with Crippen molar-refractivity contribution >= 4 is 27.0 Å². The van der Waals surface area contributed by atoms with Gasteiger partial charge in [0.2, 0.25) is 0 Å². The Morgan fingerprint density at radius 3 is 0.500 bits per heavy atom. The first-order valence-electron chi connectivity index (χ1n) is 3.00. The van der Waals surface area contributed by atoms with Crippen LogP contribution in [0.5, 0.6) is 0 Å². The lowest BCUT2D eigenvalue weighted by Gasteiger charge is -1.05. The van der Waals surface area contributed by atoms with Crippen molar-refractivity contribution in [3.05, 3.63) is 0 Å². The van der Waals surface area contributed by atoms with Gasteiger partial charge in [0.1, 0.15) is 0 Å². The zero-order valence-corrected chi connectivity index (χ0v) is 7.24. The zero-order chi connectivity index (χ0) is 4.24. The maximum atomic E-state index is 1.50. The zero-order valence-electron chi connectivity index (χ0n) is 5.24. The van der Waals surface area contributed by atoms with Crippen molar-refractivity contribution in [2.75, 3.05) is 0 Å². The van der Waals surface area contributed by atoms with Gasteiger partial charge in [-0.25, -0.2) is 0 Å². The van der Waals surface area contributed by atoms with Crippen LogP contribution in [0.2, 0.25) is 0 Å². The van der Waals surface area contributed by atoms with Gasteiger partial charge in [-0.2, -0.15) is 27.0 Å². The molecule has 0 spiro atoms. The first kappa shape index (κ1) is 11.5. The normalized spacial score (nSPS) is 18.0. The molecule has 0 N–H and O–H groups in total. The minimum absolute atomic E-state index is 0. The highest BCUT2D eigenvalue weighted by Gasteiger charge is 1.95. The minimum atomic E-state index is 0. The number of hydrogen-bond acceptors (Lipinski definition) is 0. The van der Waals surface area contributed by atoms with Gasteiger partial charge in [0.05, 0.1) is 0 Å². The lowest BCUT2D eigenvalue weighted by Crippen LogP contribution is -0.856. The summed E-state index contributed by atoms with van der Waals surface area (Å²) in [6, 6.07) is 0. The summed E-state index contributed by atoms with van der Waals surface area (Å²) in [6.45, 7) is 0. The van der Waals surface area contributed by atoms with Crippen LogP contribution in [0.3, 0.4) is 0 Å². The van der Waals surface area contributed by atoms with Crippen molar-refractivity contribution < 1.29 is 0 Å². The Morgan fingerprint density at radius 2 is 0.500 bits per heavy atom. The van der Waals surface area contributed by atoms with Gasteiger partial charge in [0.15, 0.2) is 0 Å². The van der Waals surface area contributed by atoms with Gasteiger partial charge < -0.3 is 0 Å². The second kappa shape index (κ2) is 7.70. The molecule has 2 rings (SSSR count). The Balaban J connectivity index is 0. The van der Waals surface area contributed by atoms with Crippen LogP contribution < -0.4 is 0 Å². The third-order valence-electron chi connectivity index (χ3n) is 0.707. The molecule has 0 atom stereocenters. The van der Waals surface area contributed by atoms with Crippen LogP contribution in [0.1, 0.15) is 38.5 Å². The van der Waals surface area contributed by atoms with E-state index in [1.807, 2.05) is 0 Å². The molecule has 2 fully saturated rings. The maximum absolute atomic E-state index is 1.50. The third-order valence-corrected chi connectivity index (χ3v) is 0.707. The van der Waals surface area contributed by atoms with Crippen LogP contribution in [0.4, 0.5) is 0 Å². The van der Waals surface area contributed by atoms with E-state index in [4.69, 9.17) is 0 Å². The summed E-state index contributed by atoms with van der Waals surface area (Å²) in [5.41, 5.74) is 0. The van der Waals surface area contributed by atoms with E-state index in [0.717, 1.165) is 0 Å². The molecule has 0 unspecified atom stereocenters. The lowest BCUT2D eigenvalue weighted by molar-refractivity contribution is 1.50. The minimum Gasteiger partial charge on any atom is -0.197 e. The Labute approximate surface area is 65.9 Å². The summed E-state index contributed by atoms with van der Waals surface area (Å²) in [7, 11) is 0. The largest absolute Gasteiger partial charge is 0.197 e. The van der Waals surface area contributed by atoms with Gasteiger partial charge in [-0.3, -0.25) is 0 Å². The van der Waals surface area contributed by atoms with Crippen molar-refractivity contribution in [1.82, 2.24) is 0 Å². The van der Waals surface area contributed by atoms with Crippen molar-refractivity contribution in [2.45, 2.75) is 38.5 Å². The van der Waals surface area contributed by atoms with Gasteiger partial charge in [0, 0.05) is 0 Å². The Kier molecular flexibility index (Phi) is 11.1. The van der Waals surface area contributed by atoms with E-state index in [9.17, 15) is 0 Å². The number of rotatable bonds is 0. The molecule has 2 aliphatic carbocycles. The summed E-state index contributed by atoms with van der Waals surface area (Å²) in [5.74, 6) is 0. The molecule has 0 heterocycles. The van der Waals surface area contributed by atoms with Gasteiger partial charge >= 0.3 is 0 Å². The van der Waals surface area contributed by atoms with Gasteiger partial charge in [-0.1, -0.05) is 38.5 Å². The molecule has 0 amide bonds. The molecular formula is C6H16S2. The van der Waals surface area contributed by atoms with Crippen molar-refractivity contribution in [3.63, 3.8) is 0 Å². The molecule has 2 aliphatic rings. The molecule has 0 nitrogen and oxygen atoms in total. The summed E-state index contributed by atoms with van der Waals surface area (Å²) < 4.78 is 0. The molecule has 0 aromatic rings. The van der Waals surface area contributed by atoms with E-state index >= 15 is 0 Å². The molecule has 0 aromatic carbocycles. The van der Waals surface area contributed by atoms with Crippen LogP contribution in [0.25, 0.3) is 0 Å². The van der Waals surface area contributed by atoms with E-state index in [1.54, 1.807) is 0 Å². The molecule has 2 heteroatoms. The molecule has 2 saturated carbocycles.